The molecule has 0 aromatic carbocycles. The number of rotatable bonds is 2. The van der Waals surface area contributed by atoms with Gasteiger partial charge in [0.25, 0.3) is 0 Å². The number of hydrogen-bond acceptors (Lipinski definition) is 3. The molecule has 0 unspecified atom stereocenters. The molecule has 0 bridgehead atoms. The van der Waals surface area contributed by atoms with Crippen LogP contribution in [0.5, 0.6) is 0 Å². The van der Waals surface area contributed by atoms with Crippen LogP contribution in [0.3, 0.4) is 0 Å². The van der Waals surface area contributed by atoms with E-state index >= 15 is 0 Å². The molecule has 3 nitrogen and oxygen atoms in total. The van der Waals surface area contributed by atoms with E-state index in [-0.39, 0.29) is 0 Å². The molecule has 0 aliphatic rings. The molecule has 0 fully saturated rings. The van der Waals surface area contributed by atoms with Crippen LogP contribution in [0.4, 0.5) is 0 Å². The molecule has 19 heavy (non-hydrogen) atoms. The summed E-state index contributed by atoms with van der Waals surface area (Å²) in [6.45, 7) is 1.97. The first-order valence-corrected chi connectivity index (χ1v) is 7.03. The number of nitrogens with zero attached hydrogens (tertiary/aromatic N) is 3. The van der Waals surface area contributed by atoms with Crippen LogP contribution in [-0.4, -0.2) is 14.6 Å². The van der Waals surface area contributed by atoms with Gasteiger partial charge in [-0.15, -0.1) is 11.3 Å². The van der Waals surface area contributed by atoms with Crippen LogP contribution in [0.2, 0.25) is 0 Å². The van der Waals surface area contributed by atoms with E-state index in [4.69, 9.17) is 0 Å². The molecule has 0 saturated carbocycles. The first-order chi connectivity index (χ1) is 9.31. The average molecular weight is 267 g/mol. The molecule has 0 radical (unpaired) electrons. The standard InChI is InChI=1S/C15H13N3S/c1-12-11-15-16-13(8-9-18(15)17-12)5-2-3-6-14-7-4-10-19-14/h4,7-11H,2,5H2,1H3. The van der Waals surface area contributed by atoms with Crippen molar-refractivity contribution in [3.05, 3.63) is 52.1 Å². The summed E-state index contributed by atoms with van der Waals surface area (Å²) in [7, 11) is 0. The molecular weight excluding hydrogens is 254 g/mol. The van der Waals surface area contributed by atoms with E-state index < -0.39 is 0 Å². The third-order valence-electron chi connectivity index (χ3n) is 2.74. The number of hydrogen-bond donors (Lipinski definition) is 0. The molecule has 0 N–H and O–H groups in total. The zero-order valence-electron chi connectivity index (χ0n) is 10.6. The zero-order valence-corrected chi connectivity index (χ0v) is 11.4. The molecule has 94 valence electrons. The van der Waals surface area contributed by atoms with E-state index in [1.54, 1.807) is 15.9 Å². The van der Waals surface area contributed by atoms with Crippen LogP contribution in [0, 0.1) is 18.8 Å². The molecule has 0 aliphatic heterocycles. The van der Waals surface area contributed by atoms with Crippen LogP contribution in [0.15, 0.2) is 35.8 Å². The van der Waals surface area contributed by atoms with Gasteiger partial charge in [-0.25, -0.2) is 9.50 Å². The second-order valence-corrected chi connectivity index (χ2v) is 5.23. The molecule has 3 aromatic heterocycles. The lowest BCUT2D eigenvalue weighted by Gasteiger charge is -1.97. The normalized spacial score (nSPS) is 10.4. The summed E-state index contributed by atoms with van der Waals surface area (Å²) in [5.74, 6) is 6.35. The van der Waals surface area contributed by atoms with Gasteiger partial charge in [0, 0.05) is 30.8 Å². The highest BCUT2D eigenvalue weighted by molar-refractivity contribution is 7.10. The average Bonchev–Trinajstić information content (AvgIpc) is 3.02. The third-order valence-corrected chi connectivity index (χ3v) is 3.53. The highest BCUT2D eigenvalue weighted by Crippen LogP contribution is 2.07. The first kappa shape index (κ1) is 11.9. The SMILES string of the molecule is Cc1cc2nc(CCC#Cc3cccs3)ccn2n1. The zero-order chi connectivity index (χ0) is 13.1. The Morgan fingerprint density at radius 2 is 2.32 bits per heavy atom. The van der Waals surface area contributed by atoms with Crippen molar-refractivity contribution < 1.29 is 0 Å². The fourth-order valence-corrected chi connectivity index (χ4v) is 2.46. The lowest BCUT2D eigenvalue weighted by atomic mass is 10.2. The van der Waals surface area contributed by atoms with Gasteiger partial charge in [0.15, 0.2) is 5.65 Å². The summed E-state index contributed by atoms with van der Waals surface area (Å²) in [5.41, 5.74) is 2.95. The van der Waals surface area contributed by atoms with Crippen LogP contribution in [0.1, 0.15) is 22.7 Å². The quantitative estimate of drug-likeness (QED) is 0.668. The predicted octanol–water partition coefficient (Wildman–Crippen LogP) is 3.08. The minimum atomic E-state index is 0.828. The Morgan fingerprint density at radius 3 is 3.16 bits per heavy atom. The Kier molecular flexibility index (Phi) is 3.30. The van der Waals surface area contributed by atoms with Crippen molar-refractivity contribution in [2.45, 2.75) is 19.8 Å². The van der Waals surface area contributed by atoms with Gasteiger partial charge in [-0.3, -0.25) is 0 Å². The van der Waals surface area contributed by atoms with Crippen molar-refractivity contribution in [3.63, 3.8) is 0 Å². The fourth-order valence-electron chi connectivity index (χ4n) is 1.87. The molecular formula is C15H13N3S. The molecule has 0 saturated heterocycles. The smallest absolute Gasteiger partial charge is 0.155 e. The Bertz CT molecular complexity index is 745. The van der Waals surface area contributed by atoms with Crippen LogP contribution in [-0.2, 0) is 6.42 Å². The van der Waals surface area contributed by atoms with Crippen molar-refractivity contribution in [2.24, 2.45) is 0 Å². The monoisotopic (exact) mass is 267 g/mol. The lowest BCUT2D eigenvalue weighted by Crippen LogP contribution is -1.94. The fraction of sp³-hybridized carbons (Fsp3) is 0.200. The Balaban J connectivity index is 1.68. The number of aromatic nitrogens is 3. The largest absolute Gasteiger partial charge is 0.234 e. The first-order valence-electron chi connectivity index (χ1n) is 6.15. The molecule has 0 spiro atoms. The molecule has 3 heterocycles. The van der Waals surface area contributed by atoms with Gasteiger partial charge in [0.2, 0.25) is 0 Å². The minimum Gasteiger partial charge on any atom is -0.234 e. The number of thiophene rings is 1. The summed E-state index contributed by atoms with van der Waals surface area (Å²) >= 11 is 1.67. The van der Waals surface area contributed by atoms with Gasteiger partial charge in [0.1, 0.15) is 0 Å². The topological polar surface area (TPSA) is 30.2 Å². The van der Waals surface area contributed by atoms with Gasteiger partial charge >= 0.3 is 0 Å². The molecule has 3 aromatic rings. The van der Waals surface area contributed by atoms with Crippen molar-refractivity contribution in [3.8, 4) is 11.8 Å². The summed E-state index contributed by atoms with van der Waals surface area (Å²) in [6, 6.07) is 8.05. The van der Waals surface area contributed by atoms with E-state index in [0.29, 0.717) is 0 Å². The third kappa shape index (κ3) is 2.83. The van der Waals surface area contributed by atoms with Gasteiger partial charge in [-0.1, -0.05) is 17.9 Å². The van der Waals surface area contributed by atoms with E-state index in [0.717, 1.165) is 34.8 Å². The summed E-state index contributed by atoms with van der Waals surface area (Å²) < 4.78 is 1.80. The maximum absolute atomic E-state index is 4.57. The molecule has 4 heteroatoms. The van der Waals surface area contributed by atoms with Crippen LogP contribution >= 0.6 is 11.3 Å². The summed E-state index contributed by atoms with van der Waals surface area (Å²) in [4.78, 5) is 5.69. The molecule has 3 rings (SSSR count). The second-order valence-electron chi connectivity index (χ2n) is 4.29. The maximum Gasteiger partial charge on any atom is 0.155 e. The lowest BCUT2D eigenvalue weighted by molar-refractivity contribution is 0.884. The van der Waals surface area contributed by atoms with Gasteiger partial charge in [-0.2, -0.15) is 5.10 Å². The van der Waals surface area contributed by atoms with Crippen LogP contribution in [0.25, 0.3) is 5.65 Å². The van der Waals surface area contributed by atoms with E-state index in [2.05, 4.69) is 21.9 Å². The number of aryl methyl sites for hydroxylation is 2. The maximum atomic E-state index is 4.57. The summed E-state index contributed by atoms with van der Waals surface area (Å²) in [5, 5.41) is 6.36. The van der Waals surface area contributed by atoms with Crippen molar-refractivity contribution in [1.82, 2.24) is 14.6 Å². The highest BCUT2D eigenvalue weighted by Gasteiger charge is 2.00. The van der Waals surface area contributed by atoms with Gasteiger partial charge in [-0.05, 0) is 24.4 Å². The number of fused-ring (bicyclic) bond motifs is 1. The molecule has 0 atom stereocenters. The van der Waals surface area contributed by atoms with Crippen molar-refractivity contribution >= 4 is 17.0 Å². The summed E-state index contributed by atoms with van der Waals surface area (Å²) in [6.07, 6.45) is 3.66. The van der Waals surface area contributed by atoms with Gasteiger partial charge in [0.05, 0.1) is 10.6 Å². The minimum absolute atomic E-state index is 0.828. The Labute approximate surface area is 115 Å². The van der Waals surface area contributed by atoms with Crippen molar-refractivity contribution in [1.29, 1.82) is 0 Å². The van der Waals surface area contributed by atoms with E-state index in [1.165, 1.54) is 0 Å². The van der Waals surface area contributed by atoms with Crippen molar-refractivity contribution in [2.75, 3.05) is 0 Å². The molecule has 0 amide bonds. The molecule has 0 aliphatic carbocycles. The van der Waals surface area contributed by atoms with E-state index in [9.17, 15) is 0 Å². The highest BCUT2D eigenvalue weighted by atomic mass is 32.1. The Morgan fingerprint density at radius 1 is 1.37 bits per heavy atom. The van der Waals surface area contributed by atoms with Crippen LogP contribution < -0.4 is 0 Å². The van der Waals surface area contributed by atoms with Gasteiger partial charge < -0.3 is 0 Å². The Hall–Kier alpha value is -2.12. The van der Waals surface area contributed by atoms with E-state index in [1.807, 2.05) is 42.8 Å². The second kappa shape index (κ2) is 5.25. The predicted molar refractivity (Wildman–Crippen MR) is 77.2 cm³/mol.